The van der Waals surface area contributed by atoms with E-state index in [-0.39, 0.29) is 10.9 Å². The Morgan fingerprint density at radius 2 is 2.10 bits per heavy atom. The monoisotopic (exact) mass is 308 g/mol. The molecule has 0 fully saturated rings. The maximum absolute atomic E-state index is 12.4. The molecule has 7 heteroatoms. The van der Waals surface area contributed by atoms with E-state index in [1.165, 1.54) is 0 Å². The molecule has 2 aromatic heterocycles. The smallest absolute Gasteiger partial charge is 0.263 e. The highest BCUT2D eigenvalue weighted by Gasteiger charge is 2.19. The van der Waals surface area contributed by atoms with E-state index in [2.05, 4.69) is 9.71 Å². The zero-order valence-corrected chi connectivity index (χ0v) is 13.2. The summed E-state index contributed by atoms with van der Waals surface area (Å²) in [6, 6.07) is 5.06. The van der Waals surface area contributed by atoms with Crippen LogP contribution in [0.4, 0.5) is 5.69 Å². The molecule has 0 aromatic carbocycles. The van der Waals surface area contributed by atoms with Crippen molar-refractivity contribution < 1.29 is 8.42 Å². The van der Waals surface area contributed by atoms with Crippen molar-refractivity contribution in [3.63, 3.8) is 0 Å². The number of sulfonamides is 1. The normalized spacial score (nSPS) is 11.9. The molecule has 0 saturated heterocycles. The van der Waals surface area contributed by atoms with Crippen LogP contribution in [0.2, 0.25) is 0 Å². The number of pyridine rings is 1. The lowest BCUT2D eigenvalue weighted by Crippen LogP contribution is -2.12. The molecular weight excluding hydrogens is 288 g/mol. The molecule has 0 atom stereocenters. The highest BCUT2D eigenvalue weighted by Crippen LogP contribution is 2.21. The zero-order chi connectivity index (χ0) is 15.6. The van der Waals surface area contributed by atoms with Gasteiger partial charge in [-0.25, -0.2) is 8.42 Å². The van der Waals surface area contributed by atoms with Crippen molar-refractivity contribution in [2.24, 2.45) is 5.73 Å². The standard InChI is InChI=1S/C14H20N4O2S/c1-10(2)18-9-14(7-13(18)8-15)21(19,20)17-12-4-5-16-11(3)6-12/h4-7,9-10H,8,15H2,1-3H3,(H,16,17). The molecule has 114 valence electrons. The van der Waals surface area contributed by atoms with E-state index in [1.54, 1.807) is 37.5 Å². The van der Waals surface area contributed by atoms with Crippen molar-refractivity contribution in [3.05, 3.63) is 42.0 Å². The van der Waals surface area contributed by atoms with Gasteiger partial charge in [-0.3, -0.25) is 9.71 Å². The fraction of sp³-hybridized carbons (Fsp3) is 0.357. The Morgan fingerprint density at radius 1 is 1.38 bits per heavy atom. The molecule has 0 radical (unpaired) electrons. The summed E-state index contributed by atoms with van der Waals surface area (Å²) in [4.78, 5) is 4.26. The third kappa shape index (κ3) is 3.43. The molecule has 2 rings (SSSR count). The Hall–Kier alpha value is -1.86. The van der Waals surface area contributed by atoms with Crippen LogP contribution in [0.5, 0.6) is 0 Å². The number of nitrogens with two attached hydrogens (primary N) is 1. The second kappa shape index (κ2) is 5.87. The van der Waals surface area contributed by atoms with Crippen molar-refractivity contribution in [2.45, 2.75) is 38.3 Å². The van der Waals surface area contributed by atoms with E-state index in [9.17, 15) is 8.42 Å². The summed E-state index contributed by atoms with van der Waals surface area (Å²) in [7, 11) is -3.63. The maximum Gasteiger partial charge on any atom is 0.263 e. The molecule has 0 unspecified atom stereocenters. The van der Waals surface area contributed by atoms with Gasteiger partial charge in [0.25, 0.3) is 10.0 Å². The lowest BCUT2D eigenvalue weighted by molar-refractivity contribution is 0.573. The van der Waals surface area contributed by atoms with Gasteiger partial charge in [0.15, 0.2) is 0 Å². The number of anilines is 1. The van der Waals surface area contributed by atoms with E-state index in [0.29, 0.717) is 12.2 Å². The highest BCUT2D eigenvalue weighted by molar-refractivity contribution is 7.92. The minimum atomic E-state index is -3.63. The Morgan fingerprint density at radius 3 is 2.62 bits per heavy atom. The van der Waals surface area contributed by atoms with Gasteiger partial charge in [0.05, 0.1) is 5.69 Å². The van der Waals surface area contributed by atoms with Crippen LogP contribution in [0, 0.1) is 6.92 Å². The van der Waals surface area contributed by atoms with Crippen molar-refractivity contribution in [3.8, 4) is 0 Å². The van der Waals surface area contributed by atoms with Gasteiger partial charge in [0.1, 0.15) is 4.90 Å². The molecule has 21 heavy (non-hydrogen) atoms. The number of nitrogens with one attached hydrogen (secondary N) is 1. The summed E-state index contributed by atoms with van der Waals surface area (Å²) in [5.41, 5.74) is 7.70. The Bertz CT molecular complexity index is 735. The van der Waals surface area contributed by atoms with Crippen LogP contribution in [0.3, 0.4) is 0 Å². The van der Waals surface area contributed by atoms with E-state index < -0.39 is 10.0 Å². The maximum atomic E-state index is 12.4. The molecule has 0 saturated carbocycles. The van der Waals surface area contributed by atoms with Gasteiger partial charge in [-0.15, -0.1) is 0 Å². The van der Waals surface area contributed by atoms with Crippen LogP contribution in [-0.2, 0) is 16.6 Å². The second-order valence-corrected chi connectivity index (χ2v) is 6.85. The van der Waals surface area contributed by atoms with Gasteiger partial charge in [0.2, 0.25) is 0 Å². The van der Waals surface area contributed by atoms with Crippen molar-refractivity contribution in [1.82, 2.24) is 9.55 Å². The van der Waals surface area contributed by atoms with Crippen LogP contribution in [0.15, 0.2) is 35.5 Å². The number of hydrogen-bond acceptors (Lipinski definition) is 4. The molecule has 0 bridgehead atoms. The molecule has 0 aliphatic rings. The van der Waals surface area contributed by atoms with Gasteiger partial charge in [0, 0.05) is 36.4 Å². The fourth-order valence-corrected chi connectivity index (χ4v) is 3.21. The predicted molar refractivity (Wildman–Crippen MR) is 82.5 cm³/mol. The van der Waals surface area contributed by atoms with E-state index in [0.717, 1.165) is 11.4 Å². The van der Waals surface area contributed by atoms with Crippen LogP contribution in [0.25, 0.3) is 0 Å². The van der Waals surface area contributed by atoms with Crippen LogP contribution in [0.1, 0.15) is 31.3 Å². The largest absolute Gasteiger partial charge is 0.346 e. The number of aryl methyl sites for hydroxylation is 1. The summed E-state index contributed by atoms with van der Waals surface area (Å²) < 4.78 is 29.3. The van der Waals surface area contributed by atoms with Crippen molar-refractivity contribution in [2.75, 3.05) is 4.72 Å². The molecule has 0 aliphatic carbocycles. The number of nitrogens with zero attached hydrogens (tertiary/aromatic N) is 2. The van der Waals surface area contributed by atoms with Gasteiger partial charge < -0.3 is 10.3 Å². The summed E-state index contributed by atoms with van der Waals surface area (Å²) >= 11 is 0. The lowest BCUT2D eigenvalue weighted by atomic mass is 10.3. The minimum absolute atomic E-state index is 0.149. The first-order chi connectivity index (χ1) is 9.83. The molecule has 2 heterocycles. The predicted octanol–water partition coefficient (Wildman–Crippen LogP) is 2.03. The topological polar surface area (TPSA) is 90.0 Å². The first kappa shape index (κ1) is 15.5. The third-order valence-corrected chi connectivity index (χ3v) is 4.48. The van der Waals surface area contributed by atoms with Crippen LogP contribution in [-0.4, -0.2) is 18.0 Å². The first-order valence-corrected chi connectivity index (χ1v) is 8.18. The molecule has 0 amide bonds. The number of aromatic nitrogens is 2. The first-order valence-electron chi connectivity index (χ1n) is 6.70. The van der Waals surface area contributed by atoms with Gasteiger partial charge in [-0.05, 0) is 39.0 Å². The average molecular weight is 308 g/mol. The molecule has 3 N–H and O–H groups in total. The lowest BCUT2D eigenvalue weighted by Gasteiger charge is -2.10. The summed E-state index contributed by atoms with van der Waals surface area (Å²) in [6.45, 7) is 6.06. The van der Waals surface area contributed by atoms with Gasteiger partial charge in [-0.2, -0.15) is 0 Å². The van der Waals surface area contributed by atoms with Crippen LogP contribution >= 0.6 is 0 Å². The average Bonchev–Trinajstić information content (AvgIpc) is 2.83. The third-order valence-electron chi connectivity index (χ3n) is 3.13. The van der Waals surface area contributed by atoms with Gasteiger partial charge in [-0.1, -0.05) is 0 Å². The van der Waals surface area contributed by atoms with Gasteiger partial charge >= 0.3 is 0 Å². The van der Waals surface area contributed by atoms with Crippen LogP contribution < -0.4 is 10.5 Å². The van der Waals surface area contributed by atoms with Crippen molar-refractivity contribution in [1.29, 1.82) is 0 Å². The molecule has 2 aromatic rings. The number of hydrogen-bond donors (Lipinski definition) is 2. The molecule has 0 spiro atoms. The Labute approximate surface area is 125 Å². The molecule has 6 nitrogen and oxygen atoms in total. The second-order valence-electron chi connectivity index (χ2n) is 5.16. The Kier molecular flexibility index (Phi) is 4.34. The quantitative estimate of drug-likeness (QED) is 0.884. The molecular formula is C14H20N4O2S. The van der Waals surface area contributed by atoms with E-state index in [1.807, 2.05) is 18.4 Å². The molecule has 0 aliphatic heterocycles. The highest BCUT2D eigenvalue weighted by atomic mass is 32.2. The van der Waals surface area contributed by atoms with E-state index in [4.69, 9.17) is 5.73 Å². The SMILES string of the molecule is Cc1cc(NS(=O)(=O)c2cc(CN)n(C(C)C)c2)ccn1. The summed E-state index contributed by atoms with van der Waals surface area (Å²) in [5.74, 6) is 0. The Balaban J connectivity index is 2.36. The van der Waals surface area contributed by atoms with Crippen molar-refractivity contribution >= 4 is 15.7 Å². The van der Waals surface area contributed by atoms with E-state index >= 15 is 0 Å². The summed E-state index contributed by atoms with van der Waals surface area (Å²) in [5, 5.41) is 0. The number of rotatable bonds is 5. The summed E-state index contributed by atoms with van der Waals surface area (Å²) in [6.07, 6.45) is 3.18. The fourth-order valence-electron chi connectivity index (χ4n) is 2.11. The zero-order valence-electron chi connectivity index (χ0n) is 12.4. The minimum Gasteiger partial charge on any atom is -0.346 e.